The molecule has 5 atom stereocenters. The Labute approximate surface area is 175 Å². The lowest BCUT2D eigenvalue weighted by Gasteiger charge is -2.44. The summed E-state index contributed by atoms with van der Waals surface area (Å²) in [6.45, 7) is 12.9. The minimum Gasteiger partial charge on any atom is -0.479 e. The van der Waals surface area contributed by atoms with E-state index in [1.807, 2.05) is 0 Å². The second-order valence-electron chi connectivity index (χ2n) is 10.4. The van der Waals surface area contributed by atoms with Gasteiger partial charge in [-0.05, 0) is 99.7 Å². The first-order chi connectivity index (χ1) is 12.4. The number of carboxylic acid groups (broad SMARTS) is 1. The fourth-order valence-electron chi connectivity index (χ4n) is 5.99. The van der Waals surface area contributed by atoms with Gasteiger partial charge in [0.05, 0.1) is 0 Å². The van der Waals surface area contributed by atoms with Crippen molar-refractivity contribution in [1.29, 1.82) is 0 Å². The zero-order valence-electron chi connectivity index (χ0n) is 18.1. The van der Waals surface area contributed by atoms with Crippen molar-refractivity contribution in [3.8, 4) is 0 Å². The fraction of sp³-hybridized carbons (Fsp3) is 0.864. The van der Waals surface area contributed by atoms with Crippen LogP contribution in [0, 0.1) is 23.2 Å². The van der Waals surface area contributed by atoms with Crippen molar-refractivity contribution < 1.29 is 14.3 Å². The molecule has 0 aliphatic heterocycles. The van der Waals surface area contributed by atoms with Gasteiger partial charge in [0.1, 0.15) is 0 Å². The number of fused-ring (bicyclic) bond motifs is 1. The Morgan fingerprint density at radius 1 is 1.44 bits per heavy atom. The summed E-state index contributed by atoms with van der Waals surface area (Å²) in [7, 11) is -1.90. The van der Waals surface area contributed by atoms with E-state index in [2.05, 4.69) is 54.4 Å². The van der Waals surface area contributed by atoms with Gasteiger partial charge in [0.15, 0.2) is 13.9 Å². The van der Waals surface area contributed by atoms with Crippen LogP contribution in [-0.4, -0.2) is 25.0 Å². The van der Waals surface area contributed by atoms with Crippen molar-refractivity contribution in [2.45, 2.75) is 97.4 Å². The Bertz CT molecular complexity index is 570. The van der Waals surface area contributed by atoms with E-state index >= 15 is 0 Å². The van der Waals surface area contributed by atoms with E-state index in [9.17, 15) is 9.90 Å². The van der Waals surface area contributed by atoms with Crippen LogP contribution in [0.15, 0.2) is 10.6 Å². The SMILES string of the molecule is C[C@H](CCC[C@@](C)(O[Si](C)(C)C)C(=O)O)[C@H]1CCC2C(=CBr)CCC[C@@]21C. The third kappa shape index (κ3) is 5.27. The number of hydrogen-bond donors (Lipinski definition) is 1. The average molecular weight is 460 g/mol. The summed E-state index contributed by atoms with van der Waals surface area (Å²) in [4.78, 5) is 14.0. The largest absolute Gasteiger partial charge is 0.479 e. The normalized spacial score (nSPS) is 33.5. The fourth-order valence-corrected chi connectivity index (χ4v) is 8.07. The van der Waals surface area contributed by atoms with Crippen LogP contribution in [0.5, 0.6) is 0 Å². The molecule has 2 aliphatic carbocycles. The van der Waals surface area contributed by atoms with E-state index < -0.39 is 19.9 Å². The standard InChI is InChI=1S/C22H39BrO3Si/c1-16(9-7-14-22(3,20(24)25)26-27(4,5)6)18-11-12-19-17(15-23)10-8-13-21(18,19)2/h15-16,18-19H,7-14H2,1-6H3,(H,24,25)/t16-,18-,19?,21-,22-/m1/s1. The van der Waals surface area contributed by atoms with Gasteiger partial charge in [-0.15, -0.1) is 0 Å². The van der Waals surface area contributed by atoms with Crippen molar-refractivity contribution in [1.82, 2.24) is 0 Å². The smallest absolute Gasteiger partial charge is 0.334 e. The molecule has 27 heavy (non-hydrogen) atoms. The van der Waals surface area contributed by atoms with Gasteiger partial charge in [0.25, 0.3) is 0 Å². The number of halogens is 1. The number of carbonyl (C=O) groups is 1. The molecule has 0 bridgehead atoms. The lowest BCUT2D eigenvalue weighted by atomic mass is 9.61. The number of rotatable bonds is 8. The Balaban J connectivity index is 1.97. The Morgan fingerprint density at radius 3 is 2.67 bits per heavy atom. The predicted molar refractivity (Wildman–Crippen MR) is 119 cm³/mol. The van der Waals surface area contributed by atoms with Crippen LogP contribution in [0.25, 0.3) is 0 Å². The van der Waals surface area contributed by atoms with E-state index in [0.29, 0.717) is 17.8 Å². The molecule has 0 aromatic rings. The molecule has 3 nitrogen and oxygen atoms in total. The van der Waals surface area contributed by atoms with Crippen LogP contribution < -0.4 is 0 Å². The summed E-state index contributed by atoms with van der Waals surface area (Å²) >= 11 is 3.60. The molecule has 0 radical (unpaired) electrons. The highest BCUT2D eigenvalue weighted by Crippen LogP contribution is 2.60. The van der Waals surface area contributed by atoms with Gasteiger partial charge >= 0.3 is 5.97 Å². The molecule has 0 aromatic carbocycles. The zero-order chi connectivity index (χ0) is 20.5. The highest BCUT2D eigenvalue weighted by molar-refractivity contribution is 9.11. The van der Waals surface area contributed by atoms with E-state index in [1.165, 1.54) is 32.1 Å². The molecule has 1 N–H and O–H groups in total. The number of hydrogen-bond acceptors (Lipinski definition) is 2. The van der Waals surface area contributed by atoms with Gasteiger partial charge in [0.2, 0.25) is 0 Å². The second-order valence-corrected chi connectivity index (χ2v) is 15.3. The maximum Gasteiger partial charge on any atom is 0.334 e. The molecule has 2 fully saturated rings. The summed E-state index contributed by atoms with van der Waals surface area (Å²) in [5.74, 6) is 1.31. The number of carboxylic acids is 1. The molecule has 2 saturated carbocycles. The third-order valence-electron chi connectivity index (χ3n) is 7.16. The first kappa shape index (κ1) is 23.1. The number of allylic oxidation sites excluding steroid dienone is 1. The van der Waals surface area contributed by atoms with Crippen LogP contribution in [-0.2, 0) is 9.22 Å². The van der Waals surface area contributed by atoms with Gasteiger partial charge in [-0.1, -0.05) is 41.8 Å². The minimum atomic E-state index is -1.90. The molecule has 156 valence electrons. The van der Waals surface area contributed by atoms with Crippen LogP contribution in [0.1, 0.15) is 72.1 Å². The zero-order valence-corrected chi connectivity index (χ0v) is 20.7. The van der Waals surface area contributed by atoms with Crippen LogP contribution in [0.2, 0.25) is 19.6 Å². The van der Waals surface area contributed by atoms with Crippen molar-refractivity contribution in [3.05, 3.63) is 10.6 Å². The predicted octanol–water partition coefficient (Wildman–Crippen LogP) is 6.98. The Morgan fingerprint density at radius 2 is 2.11 bits per heavy atom. The topological polar surface area (TPSA) is 46.5 Å². The maximum absolute atomic E-state index is 11.8. The molecule has 0 spiro atoms. The average Bonchev–Trinajstić information content (AvgIpc) is 2.89. The summed E-state index contributed by atoms with van der Waals surface area (Å²) in [5, 5.41) is 9.71. The molecule has 2 aliphatic rings. The van der Waals surface area contributed by atoms with Gasteiger partial charge in [-0.3, -0.25) is 0 Å². The second kappa shape index (κ2) is 8.70. The van der Waals surface area contributed by atoms with Crippen molar-refractivity contribution in [3.63, 3.8) is 0 Å². The van der Waals surface area contributed by atoms with Crippen molar-refractivity contribution >= 4 is 30.2 Å². The molecule has 2 rings (SSSR count). The molecule has 0 amide bonds. The van der Waals surface area contributed by atoms with Crippen LogP contribution in [0.4, 0.5) is 0 Å². The van der Waals surface area contributed by atoms with Gasteiger partial charge < -0.3 is 9.53 Å². The highest BCUT2D eigenvalue weighted by atomic mass is 79.9. The third-order valence-corrected chi connectivity index (χ3v) is 8.81. The lowest BCUT2D eigenvalue weighted by molar-refractivity contribution is -0.155. The molecule has 0 saturated heterocycles. The van der Waals surface area contributed by atoms with Crippen LogP contribution in [0.3, 0.4) is 0 Å². The summed E-state index contributed by atoms with van der Waals surface area (Å²) in [6, 6.07) is 0. The summed E-state index contributed by atoms with van der Waals surface area (Å²) < 4.78 is 6.06. The lowest BCUT2D eigenvalue weighted by Crippen LogP contribution is -2.46. The Kier molecular flexibility index (Phi) is 7.46. The molecule has 0 aromatic heterocycles. The molecular formula is C22H39BrO3Si. The quantitative estimate of drug-likeness (QED) is 0.398. The highest BCUT2D eigenvalue weighted by Gasteiger charge is 2.50. The maximum atomic E-state index is 11.8. The van der Waals surface area contributed by atoms with E-state index in [4.69, 9.17) is 4.43 Å². The number of aliphatic carboxylic acids is 1. The first-order valence-corrected chi connectivity index (χ1v) is 15.0. The van der Waals surface area contributed by atoms with Gasteiger partial charge in [-0.2, -0.15) is 0 Å². The van der Waals surface area contributed by atoms with Gasteiger partial charge in [-0.25, -0.2) is 4.79 Å². The molecule has 5 heteroatoms. The monoisotopic (exact) mass is 458 g/mol. The first-order valence-electron chi connectivity index (χ1n) is 10.7. The van der Waals surface area contributed by atoms with Gasteiger partial charge in [0, 0.05) is 0 Å². The molecule has 1 unspecified atom stereocenters. The minimum absolute atomic E-state index is 0.419. The molecule has 0 heterocycles. The summed E-state index contributed by atoms with van der Waals surface area (Å²) in [5.41, 5.74) is 0.992. The summed E-state index contributed by atoms with van der Waals surface area (Å²) in [6.07, 6.45) is 9.14. The van der Waals surface area contributed by atoms with E-state index in [-0.39, 0.29) is 0 Å². The van der Waals surface area contributed by atoms with E-state index in [1.54, 1.807) is 12.5 Å². The van der Waals surface area contributed by atoms with Crippen LogP contribution >= 0.6 is 15.9 Å². The Hall–Kier alpha value is -0.133. The van der Waals surface area contributed by atoms with Crippen molar-refractivity contribution in [2.24, 2.45) is 23.2 Å². The van der Waals surface area contributed by atoms with Crippen molar-refractivity contribution in [2.75, 3.05) is 0 Å². The molecular weight excluding hydrogens is 420 g/mol. The van der Waals surface area contributed by atoms with E-state index in [0.717, 1.165) is 24.7 Å².